The Balaban J connectivity index is 1.49. The van der Waals surface area contributed by atoms with Crippen molar-refractivity contribution in [3.63, 3.8) is 0 Å². The van der Waals surface area contributed by atoms with Crippen LogP contribution in [0.25, 0.3) is 17.2 Å². The van der Waals surface area contributed by atoms with Gasteiger partial charge in [0.2, 0.25) is 5.91 Å². The summed E-state index contributed by atoms with van der Waals surface area (Å²) in [7, 11) is 3.56. The van der Waals surface area contributed by atoms with E-state index in [0.717, 1.165) is 5.69 Å². The molecule has 0 saturated carbocycles. The molecule has 5 heterocycles. The third-order valence-corrected chi connectivity index (χ3v) is 6.16. The van der Waals surface area contributed by atoms with Crippen LogP contribution >= 0.6 is 0 Å². The molecule has 1 saturated heterocycles. The van der Waals surface area contributed by atoms with Crippen molar-refractivity contribution in [1.29, 1.82) is 0 Å². The molecule has 1 aliphatic heterocycles. The topological polar surface area (TPSA) is 121 Å². The van der Waals surface area contributed by atoms with Crippen molar-refractivity contribution in [2.75, 3.05) is 31.3 Å². The Labute approximate surface area is 207 Å². The largest absolute Gasteiger partial charge is 0.373 e. The molecule has 36 heavy (non-hydrogen) atoms. The number of hydrogen-bond donors (Lipinski definition) is 3. The van der Waals surface area contributed by atoms with Gasteiger partial charge in [0.25, 0.3) is 5.56 Å². The molecule has 3 N–H and O–H groups in total. The number of likely N-dealkylation sites (tertiary alicyclic amines) is 1. The number of carbonyl (C=O) groups is 1. The number of rotatable bonds is 7. The zero-order chi connectivity index (χ0) is 25.4. The van der Waals surface area contributed by atoms with Gasteiger partial charge in [-0.1, -0.05) is 12.6 Å². The summed E-state index contributed by atoms with van der Waals surface area (Å²) in [6, 6.07) is 10.4. The Morgan fingerprint density at radius 3 is 2.72 bits per heavy atom. The Morgan fingerprint density at radius 1 is 1.17 bits per heavy atom. The van der Waals surface area contributed by atoms with Crippen LogP contribution in [-0.4, -0.2) is 61.6 Å². The molecule has 4 aromatic rings. The molecule has 1 aliphatic rings. The predicted molar refractivity (Wildman–Crippen MR) is 139 cm³/mol. The van der Waals surface area contributed by atoms with Crippen LogP contribution < -0.4 is 21.5 Å². The molecule has 1 amide bonds. The van der Waals surface area contributed by atoms with E-state index in [0.29, 0.717) is 53.0 Å². The maximum atomic E-state index is 13.2. The minimum Gasteiger partial charge on any atom is -0.373 e. The summed E-state index contributed by atoms with van der Waals surface area (Å²) in [6.07, 6.45) is 4.04. The van der Waals surface area contributed by atoms with Crippen LogP contribution in [-0.2, 0) is 4.79 Å². The highest BCUT2D eigenvalue weighted by molar-refractivity contribution is 5.86. The predicted octanol–water partition coefficient (Wildman–Crippen LogP) is 2.16. The number of fused-ring (bicyclic) bond motifs is 1. The zero-order valence-electron chi connectivity index (χ0n) is 20.3. The fourth-order valence-corrected chi connectivity index (χ4v) is 4.23. The standard InChI is InChI=1S/C25H27N9O2/c1-15-7-5-9-21(28-15)33-11-6-8-18(25(33)36)30-20-13-22(26-3)34-23(31-20)17(14-27-34)16(2)29-19-10-12-32(4)24(19)35/h5-9,11,13-14,19,26,29H,2,10,12H2,1,3-4H3,(H,30,31)/t19-/m1/s1. The molecule has 184 valence electrons. The maximum Gasteiger partial charge on any atom is 0.279 e. The molecule has 0 aliphatic carbocycles. The fraction of sp³-hybridized carbons (Fsp3) is 0.240. The maximum absolute atomic E-state index is 13.2. The van der Waals surface area contributed by atoms with Crippen molar-refractivity contribution in [3.05, 3.63) is 77.0 Å². The molecular formula is C25H27N9O2. The molecule has 5 rings (SSSR count). The second kappa shape index (κ2) is 9.17. The van der Waals surface area contributed by atoms with Gasteiger partial charge in [-0.05, 0) is 37.6 Å². The number of likely N-dealkylation sites (N-methyl/N-ethyl adjacent to an activating group) is 1. The number of pyridine rings is 2. The van der Waals surface area contributed by atoms with E-state index >= 15 is 0 Å². The molecule has 11 heteroatoms. The number of aryl methyl sites for hydroxylation is 1. The highest BCUT2D eigenvalue weighted by Gasteiger charge is 2.29. The Kier molecular flexibility index (Phi) is 5.88. The molecule has 0 unspecified atom stereocenters. The lowest BCUT2D eigenvalue weighted by Crippen LogP contribution is -2.35. The smallest absolute Gasteiger partial charge is 0.279 e. The lowest BCUT2D eigenvalue weighted by molar-refractivity contribution is -0.128. The van der Waals surface area contributed by atoms with E-state index in [2.05, 4.69) is 32.6 Å². The number of aromatic nitrogens is 5. The number of nitrogens with one attached hydrogen (secondary N) is 3. The van der Waals surface area contributed by atoms with Crippen molar-refractivity contribution in [2.45, 2.75) is 19.4 Å². The Hall–Kier alpha value is -4.67. The SMILES string of the molecule is C=C(N[C@@H]1CCN(C)C1=O)c1cnn2c(NC)cc(Nc3cccn(-c4cccc(C)n4)c3=O)nc12. The van der Waals surface area contributed by atoms with Crippen LogP contribution in [0.2, 0.25) is 0 Å². The minimum atomic E-state index is -0.333. The Morgan fingerprint density at radius 2 is 2.00 bits per heavy atom. The van der Waals surface area contributed by atoms with E-state index in [1.54, 1.807) is 60.2 Å². The van der Waals surface area contributed by atoms with E-state index in [9.17, 15) is 9.59 Å². The van der Waals surface area contributed by atoms with Gasteiger partial charge in [0.05, 0.1) is 11.8 Å². The van der Waals surface area contributed by atoms with Crippen LogP contribution in [0, 0.1) is 6.92 Å². The van der Waals surface area contributed by atoms with E-state index < -0.39 is 0 Å². The molecule has 0 spiro atoms. The summed E-state index contributed by atoms with van der Waals surface area (Å²) < 4.78 is 3.13. The highest BCUT2D eigenvalue weighted by Crippen LogP contribution is 2.24. The second-order valence-electron chi connectivity index (χ2n) is 8.65. The quantitative estimate of drug-likeness (QED) is 0.364. The van der Waals surface area contributed by atoms with Gasteiger partial charge >= 0.3 is 0 Å². The normalized spacial score (nSPS) is 15.4. The first-order valence-electron chi connectivity index (χ1n) is 11.6. The Bertz CT molecular complexity index is 1540. The fourth-order valence-electron chi connectivity index (χ4n) is 4.23. The van der Waals surface area contributed by atoms with Crippen molar-refractivity contribution in [1.82, 2.24) is 34.4 Å². The first-order chi connectivity index (χ1) is 17.4. The number of nitrogens with zero attached hydrogens (tertiary/aromatic N) is 6. The highest BCUT2D eigenvalue weighted by atomic mass is 16.2. The van der Waals surface area contributed by atoms with E-state index in [1.165, 1.54) is 4.57 Å². The molecule has 1 atom stereocenters. The van der Waals surface area contributed by atoms with Gasteiger partial charge in [0.1, 0.15) is 29.2 Å². The van der Waals surface area contributed by atoms with Crippen molar-refractivity contribution in [2.24, 2.45) is 0 Å². The van der Waals surface area contributed by atoms with Crippen molar-refractivity contribution in [3.8, 4) is 5.82 Å². The van der Waals surface area contributed by atoms with Crippen molar-refractivity contribution < 1.29 is 4.79 Å². The second-order valence-corrected chi connectivity index (χ2v) is 8.65. The molecule has 4 aromatic heterocycles. The van der Waals surface area contributed by atoms with Gasteiger partial charge in [-0.2, -0.15) is 9.61 Å². The van der Waals surface area contributed by atoms with E-state index in [4.69, 9.17) is 4.98 Å². The number of amides is 1. The van der Waals surface area contributed by atoms with Crippen LogP contribution in [0.5, 0.6) is 0 Å². The summed E-state index contributed by atoms with van der Waals surface area (Å²) in [5.41, 5.74) is 2.64. The summed E-state index contributed by atoms with van der Waals surface area (Å²) in [4.78, 5) is 36.4. The molecular weight excluding hydrogens is 458 g/mol. The zero-order valence-corrected chi connectivity index (χ0v) is 20.3. The van der Waals surface area contributed by atoms with Gasteiger partial charge < -0.3 is 20.9 Å². The third-order valence-electron chi connectivity index (χ3n) is 6.16. The lowest BCUT2D eigenvalue weighted by atomic mass is 10.2. The molecule has 0 bridgehead atoms. The van der Waals surface area contributed by atoms with Crippen molar-refractivity contribution >= 4 is 34.6 Å². The summed E-state index contributed by atoms with van der Waals surface area (Å²) >= 11 is 0. The molecule has 11 nitrogen and oxygen atoms in total. The third kappa shape index (κ3) is 4.15. The monoisotopic (exact) mass is 485 g/mol. The van der Waals surface area contributed by atoms with Crippen LogP contribution in [0.3, 0.4) is 0 Å². The number of carbonyl (C=O) groups excluding carboxylic acids is 1. The molecule has 0 radical (unpaired) electrons. The molecule has 0 aromatic carbocycles. The van der Waals surface area contributed by atoms with Gasteiger partial charge in [-0.3, -0.25) is 14.2 Å². The van der Waals surface area contributed by atoms with Gasteiger partial charge in [-0.15, -0.1) is 0 Å². The van der Waals surface area contributed by atoms with Crippen LogP contribution in [0.4, 0.5) is 17.3 Å². The average Bonchev–Trinajstić information content (AvgIpc) is 3.43. The summed E-state index contributed by atoms with van der Waals surface area (Å²) in [5.74, 6) is 1.68. The first kappa shape index (κ1) is 23.1. The first-order valence-corrected chi connectivity index (χ1v) is 11.6. The van der Waals surface area contributed by atoms with Crippen LogP contribution in [0.15, 0.2) is 60.2 Å². The van der Waals surface area contributed by atoms with Gasteiger partial charge in [0.15, 0.2) is 5.65 Å². The van der Waals surface area contributed by atoms with Crippen LogP contribution in [0.1, 0.15) is 17.7 Å². The minimum absolute atomic E-state index is 0.0299. The van der Waals surface area contributed by atoms with E-state index in [-0.39, 0.29) is 17.5 Å². The van der Waals surface area contributed by atoms with Gasteiger partial charge in [-0.25, -0.2) is 9.97 Å². The van der Waals surface area contributed by atoms with E-state index in [1.807, 2.05) is 19.1 Å². The number of hydrogen-bond acceptors (Lipinski definition) is 8. The number of anilines is 3. The molecule has 1 fully saturated rings. The average molecular weight is 486 g/mol. The summed E-state index contributed by atoms with van der Waals surface area (Å²) in [6.45, 7) is 6.70. The summed E-state index contributed by atoms with van der Waals surface area (Å²) in [5, 5.41) is 13.9. The van der Waals surface area contributed by atoms with Gasteiger partial charge in [0, 0.05) is 44.3 Å². The lowest BCUT2D eigenvalue weighted by Gasteiger charge is -2.15.